The number of nitrogens with two attached hydrogens (primary N) is 1. The van der Waals surface area contributed by atoms with Crippen LogP contribution in [0.3, 0.4) is 0 Å². The molecular weight excluding hydrogens is 275 g/mol. The van der Waals surface area contributed by atoms with Crippen LogP contribution in [0.1, 0.15) is 16.2 Å². The number of nitrogen functional groups attached to an aromatic ring is 1. The fourth-order valence-corrected chi connectivity index (χ4v) is 1.29. The SMILES string of the molecule is Nc1ccc(C(=O)Nc2ccc(C(F)(F)F)nc2)nn1. The van der Waals surface area contributed by atoms with Gasteiger partial charge in [-0.2, -0.15) is 13.2 Å². The Morgan fingerprint density at radius 1 is 1.15 bits per heavy atom. The van der Waals surface area contributed by atoms with Crippen LogP contribution in [0, 0.1) is 0 Å². The zero-order valence-corrected chi connectivity index (χ0v) is 9.85. The topological polar surface area (TPSA) is 93.8 Å². The van der Waals surface area contributed by atoms with Crippen molar-refractivity contribution < 1.29 is 18.0 Å². The summed E-state index contributed by atoms with van der Waals surface area (Å²) < 4.78 is 36.9. The minimum Gasteiger partial charge on any atom is -0.382 e. The maximum absolute atomic E-state index is 12.3. The standard InChI is InChI=1S/C11H8F3N5O/c12-11(13,14)8-3-1-6(5-16-8)17-10(20)7-2-4-9(15)19-18-7/h1-5H,(H2,15,19)(H,17,20). The number of nitrogens with one attached hydrogen (secondary N) is 1. The minimum atomic E-state index is -4.52. The van der Waals surface area contributed by atoms with Crippen LogP contribution in [-0.2, 0) is 6.18 Å². The van der Waals surface area contributed by atoms with E-state index in [1.54, 1.807) is 0 Å². The monoisotopic (exact) mass is 283 g/mol. The molecule has 2 aromatic heterocycles. The van der Waals surface area contributed by atoms with Crippen molar-refractivity contribution in [2.45, 2.75) is 6.18 Å². The van der Waals surface area contributed by atoms with Crippen LogP contribution in [0.5, 0.6) is 0 Å². The molecule has 0 spiro atoms. The van der Waals surface area contributed by atoms with Gasteiger partial charge < -0.3 is 11.1 Å². The number of amides is 1. The lowest BCUT2D eigenvalue weighted by Gasteiger charge is -2.07. The van der Waals surface area contributed by atoms with Crippen molar-refractivity contribution in [2.75, 3.05) is 11.1 Å². The van der Waals surface area contributed by atoms with E-state index in [2.05, 4.69) is 20.5 Å². The van der Waals surface area contributed by atoms with Crippen molar-refractivity contribution in [3.8, 4) is 0 Å². The van der Waals surface area contributed by atoms with Crippen LogP contribution >= 0.6 is 0 Å². The molecule has 1 amide bonds. The number of carbonyl (C=O) groups excluding carboxylic acids is 1. The predicted molar refractivity (Wildman–Crippen MR) is 63.6 cm³/mol. The third kappa shape index (κ3) is 3.19. The lowest BCUT2D eigenvalue weighted by molar-refractivity contribution is -0.141. The third-order valence-electron chi connectivity index (χ3n) is 2.23. The van der Waals surface area contributed by atoms with Gasteiger partial charge >= 0.3 is 6.18 Å². The highest BCUT2D eigenvalue weighted by atomic mass is 19.4. The Labute approximate surface area is 110 Å². The summed E-state index contributed by atoms with van der Waals surface area (Å²) in [5.41, 5.74) is 4.37. The summed E-state index contributed by atoms with van der Waals surface area (Å²) in [5, 5.41) is 9.38. The number of nitrogens with zero attached hydrogens (tertiary/aromatic N) is 3. The van der Waals surface area contributed by atoms with E-state index in [0.29, 0.717) is 0 Å². The third-order valence-corrected chi connectivity index (χ3v) is 2.23. The highest BCUT2D eigenvalue weighted by Crippen LogP contribution is 2.27. The average molecular weight is 283 g/mol. The second kappa shape index (κ2) is 5.11. The number of pyridine rings is 1. The van der Waals surface area contributed by atoms with Gasteiger partial charge in [-0.1, -0.05) is 0 Å². The van der Waals surface area contributed by atoms with Gasteiger partial charge in [-0.3, -0.25) is 4.79 Å². The number of halogens is 3. The first-order chi connectivity index (χ1) is 9.36. The largest absolute Gasteiger partial charge is 0.433 e. The van der Waals surface area contributed by atoms with Gasteiger partial charge in [0.2, 0.25) is 0 Å². The minimum absolute atomic E-state index is 0.0147. The summed E-state index contributed by atoms with van der Waals surface area (Å²) in [7, 11) is 0. The van der Waals surface area contributed by atoms with Crippen molar-refractivity contribution in [3.05, 3.63) is 41.9 Å². The number of aromatic nitrogens is 3. The number of rotatable bonds is 2. The van der Waals surface area contributed by atoms with Crippen molar-refractivity contribution in [1.82, 2.24) is 15.2 Å². The Kier molecular flexibility index (Phi) is 3.51. The van der Waals surface area contributed by atoms with E-state index in [0.717, 1.165) is 18.3 Å². The molecule has 9 heteroatoms. The quantitative estimate of drug-likeness (QED) is 0.875. The molecule has 2 rings (SSSR count). The Balaban J connectivity index is 2.10. The second-order valence-electron chi connectivity index (χ2n) is 3.73. The van der Waals surface area contributed by atoms with E-state index in [9.17, 15) is 18.0 Å². The molecule has 20 heavy (non-hydrogen) atoms. The molecule has 0 aliphatic rings. The fraction of sp³-hybridized carbons (Fsp3) is 0.0909. The van der Waals surface area contributed by atoms with Crippen LogP contribution in [0.4, 0.5) is 24.7 Å². The smallest absolute Gasteiger partial charge is 0.382 e. The summed E-state index contributed by atoms with van der Waals surface area (Å²) >= 11 is 0. The Bertz CT molecular complexity index is 609. The normalized spacial score (nSPS) is 11.2. The molecule has 0 aromatic carbocycles. The lowest BCUT2D eigenvalue weighted by Crippen LogP contribution is -2.15. The molecule has 0 aliphatic carbocycles. The molecule has 0 bridgehead atoms. The number of hydrogen-bond acceptors (Lipinski definition) is 5. The van der Waals surface area contributed by atoms with E-state index >= 15 is 0 Å². The predicted octanol–water partition coefficient (Wildman–Crippen LogP) is 1.72. The molecule has 0 saturated carbocycles. The molecule has 2 heterocycles. The van der Waals surface area contributed by atoms with E-state index in [1.807, 2.05) is 0 Å². The highest BCUT2D eigenvalue weighted by molar-refractivity contribution is 6.02. The van der Waals surface area contributed by atoms with Crippen LogP contribution in [-0.4, -0.2) is 21.1 Å². The first kappa shape index (κ1) is 13.7. The summed E-state index contributed by atoms with van der Waals surface area (Å²) in [4.78, 5) is 14.9. The zero-order valence-electron chi connectivity index (χ0n) is 9.85. The van der Waals surface area contributed by atoms with Gasteiger partial charge in [0.1, 0.15) is 11.5 Å². The van der Waals surface area contributed by atoms with Crippen LogP contribution < -0.4 is 11.1 Å². The Hall–Kier alpha value is -2.71. The molecule has 0 unspecified atom stereocenters. The molecule has 104 valence electrons. The van der Waals surface area contributed by atoms with Crippen molar-refractivity contribution in [1.29, 1.82) is 0 Å². The van der Waals surface area contributed by atoms with Gasteiger partial charge in [0, 0.05) is 0 Å². The lowest BCUT2D eigenvalue weighted by atomic mass is 10.3. The molecule has 0 fully saturated rings. The van der Waals surface area contributed by atoms with Crippen molar-refractivity contribution in [2.24, 2.45) is 0 Å². The average Bonchev–Trinajstić information content (AvgIpc) is 2.39. The molecule has 6 nitrogen and oxygen atoms in total. The van der Waals surface area contributed by atoms with Crippen molar-refractivity contribution >= 4 is 17.4 Å². The number of carbonyl (C=O) groups is 1. The van der Waals surface area contributed by atoms with E-state index in [4.69, 9.17) is 5.73 Å². The van der Waals surface area contributed by atoms with Crippen molar-refractivity contribution in [3.63, 3.8) is 0 Å². The zero-order chi connectivity index (χ0) is 14.8. The molecule has 0 radical (unpaired) electrons. The second-order valence-corrected chi connectivity index (χ2v) is 3.73. The molecule has 3 N–H and O–H groups in total. The first-order valence-corrected chi connectivity index (χ1v) is 5.30. The van der Waals surface area contributed by atoms with Gasteiger partial charge in [0.15, 0.2) is 5.69 Å². The summed E-state index contributed by atoms with van der Waals surface area (Å²) in [6, 6.07) is 4.59. The van der Waals surface area contributed by atoms with Crippen LogP contribution in [0.25, 0.3) is 0 Å². The number of hydrogen-bond donors (Lipinski definition) is 2. The van der Waals surface area contributed by atoms with Crippen LogP contribution in [0.2, 0.25) is 0 Å². The van der Waals surface area contributed by atoms with Gasteiger partial charge in [-0.05, 0) is 24.3 Å². The maximum Gasteiger partial charge on any atom is 0.433 e. The first-order valence-electron chi connectivity index (χ1n) is 5.30. The number of alkyl halides is 3. The highest BCUT2D eigenvalue weighted by Gasteiger charge is 2.32. The van der Waals surface area contributed by atoms with E-state index < -0.39 is 17.8 Å². The molecule has 2 aromatic rings. The Morgan fingerprint density at radius 2 is 1.90 bits per heavy atom. The summed E-state index contributed by atoms with van der Waals surface area (Å²) in [5.74, 6) is -0.475. The van der Waals surface area contributed by atoms with Gasteiger partial charge in [0.25, 0.3) is 5.91 Å². The van der Waals surface area contributed by atoms with E-state index in [1.165, 1.54) is 12.1 Å². The number of anilines is 2. The van der Waals surface area contributed by atoms with Gasteiger partial charge in [0.05, 0.1) is 11.9 Å². The Morgan fingerprint density at radius 3 is 2.40 bits per heavy atom. The molecule has 0 aliphatic heterocycles. The summed E-state index contributed by atoms with van der Waals surface area (Å²) in [6.45, 7) is 0. The molecule has 0 saturated heterocycles. The molecular formula is C11H8F3N5O. The maximum atomic E-state index is 12.3. The van der Waals surface area contributed by atoms with Gasteiger partial charge in [-0.15, -0.1) is 10.2 Å². The van der Waals surface area contributed by atoms with Crippen LogP contribution in [0.15, 0.2) is 30.5 Å². The molecule has 0 atom stereocenters. The van der Waals surface area contributed by atoms with E-state index in [-0.39, 0.29) is 17.2 Å². The fourth-order valence-electron chi connectivity index (χ4n) is 1.29. The summed E-state index contributed by atoms with van der Waals surface area (Å²) in [6.07, 6.45) is -3.61. The van der Waals surface area contributed by atoms with Gasteiger partial charge in [-0.25, -0.2) is 4.98 Å².